The largest absolute Gasteiger partial charge is 0.361 e. The number of Topliss-reactive ketones (excluding diaryl/α,β-unsaturated/α-hetero) is 1. The summed E-state index contributed by atoms with van der Waals surface area (Å²) in [7, 11) is 0. The van der Waals surface area contributed by atoms with E-state index in [1.807, 2.05) is 78.9 Å². The van der Waals surface area contributed by atoms with Gasteiger partial charge in [0, 0.05) is 40.5 Å². The lowest BCUT2D eigenvalue weighted by molar-refractivity contribution is -0.127. The topological polar surface area (TPSA) is 113 Å². The summed E-state index contributed by atoms with van der Waals surface area (Å²) in [6, 6.07) is 30.3. The van der Waals surface area contributed by atoms with Gasteiger partial charge < -0.3 is 10.3 Å². The highest BCUT2D eigenvalue weighted by atomic mass is 16.2. The molecule has 4 aromatic carbocycles. The van der Waals surface area contributed by atoms with Crippen LogP contribution in [-0.4, -0.2) is 37.6 Å². The molecular weight excluding hydrogens is 528 g/mol. The van der Waals surface area contributed by atoms with E-state index >= 15 is 0 Å². The maximum absolute atomic E-state index is 14.3. The number of H-pyrrole nitrogens is 1. The van der Waals surface area contributed by atoms with Gasteiger partial charge in [0.25, 0.3) is 0 Å². The number of aromatic nitrogens is 4. The second kappa shape index (κ2) is 11.5. The summed E-state index contributed by atoms with van der Waals surface area (Å²) in [6.07, 6.45) is 1.76. The van der Waals surface area contributed by atoms with Crippen molar-refractivity contribution in [2.24, 2.45) is 0 Å². The average Bonchev–Trinajstić information content (AvgIpc) is 3.63. The molecule has 6 rings (SSSR count). The number of amides is 2. The molecule has 0 aliphatic carbocycles. The van der Waals surface area contributed by atoms with Crippen LogP contribution >= 0.6 is 0 Å². The fourth-order valence-electron chi connectivity index (χ4n) is 5.15. The minimum absolute atomic E-state index is 0.149. The molecule has 208 valence electrons. The molecule has 0 saturated heterocycles. The van der Waals surface area contributed by atoms with Gasteiger partial charge in [-0.3, -0.25) is 19.3 Å². The molecule has 0 bridgehead atoms. The molecule has 9 nitrogen and oxygen atoms in total. The quantitative estimate of drug-likeness (QED) is 0.238. The van der Waals surface area contributed by atoms with Gasteiger partial charge in [-0.1, -0.05) is 78.0 Å². The second-order valence-corrected chi connectivity index (χ2v) is 10.0. The Bertz CT molecular complexity index is 1910. The number of rotatable bonds is 9. The number of nitrogens with zero attached hydrogens (tertiary/aromatic N) is 4. The van der Waals surface area contributed by atoms with Crippen molar-refractivity contribution in [2.45, 2.75) is 26.1 Å². The molecule has 2 N–H and O–H groups in total. The van der Waals surface area contributed by atoms with Gasteiger partial charge in [0.2, 0.25) is 11.8 Å². The Balaban J connectivity index is 1.47. The third kappa shape index (κ3) is 5.27. The number of nitrogens with one attached hydrogen (secondary N) is 2. The van der Waals surface area contributed by atoms with Gasteiger partial charge in [0.1, 0.15) is 18.1 Å². The zero-order valence-electron chi connectivity index (χ0n) is 22.9. The molecule has 0 fully saturated rings. The van der Waals surface area contributed by atoms with E-state index in [-0.39, 0.29) is 24.8 Å². The summed E-state index contributed by atoms with van der Waals surface area (Å²) >= 11 is 0. The van der Waals surface area contributed by atoms with Crippen LogP contribution in [0.4, 0.5) is 5.69 Å². The van der Waals surface area contributed by atoms with Crippen LogP contribution in [0.3, 0.4) is 0 Å². The first-order valence-corrected chi connectivity index (χ1v) is 13.6. The van der Waals surface area contributed by atoms with E-state index in [4.69, 9.17) is 0 Å². The molecule has 2 aromatic heterocycles. The van der Waals surface area contributed by atoms with Crippen LogP contribution in [0.2, 0.25) is 0 Å². The van der Waals surface area contributed by atoms with Crippen LogP contribution in [0.25, 0.3) is 21.9 Å². The minimum Gasteiger partial charge on any atom is -0.361 e. The van der Waals surface area contributed by atoms with Crippen molar-refractivity contribution in [3.8, 4) is 0 Å². The highest BCUT2D eigenvalue weighted by molar-refractivity contribution is 6.05. The Kier molecular flexibility index (Phi) is 7.30. The first-order chi connectivity index (χ1) is 20.5. The number of hydrogen-bond donors (Lipinski definition) is 2. The summed E-state index contributed by atoms with van der Waals surface area (Å²) in [4.78, 5) is 45.6. The van der Waals surface area contributed by atoms with Gasteiger partial charge in [0.15, 0.2) is 5.78 Å². The number of aromatic amines is 1. The van der Waals surface area contributed by atoms with Crippen LogP contribution in [0, 0.1) is 0 Å². The fourth-order valence-corrected chi connectivity index (χ4v) is 5.15. The zero-order chi connectivity index (χ0) is 29.1. The number of benzene rings is 4. The van der Waals surface area contributed by atoms with Crippen LogP contribution in [0.1, 0.15) is 34.5 Å². The molecule has 0 radical (unpaired) electrons. The molecule has 6 aromatic rings. The third-order valence-electron chi connectivity index (χ3n) is 7.24. The van der Waals surface area contributed by atoms with E-state index in [1.165, 1.54) is 16.5 Å². The van der Waals surface area contributed by atoms with Gasteiger partial charge in [-0.05, 0) is 42.8 Å². The van der Waals surface area contributed by atoms with E-state index in [2.05, 4.69) is 20.6 Å². The molecular formula is C33H28N6O3. The first kappa shape index (κ1) is 26.6. The first-order valence-electron chi connectivity index (χ1n) is 13.6. The second-order valence-electron chi connectivity index (χ2n) is 10.0. The molecule has 0 aliphatic heterocycles. The van der Waals surface area contributed by atoms with Gasteiger partial charge >= 0.3 is 0 Å². The molecule has 2 amide bonds. The Morgan fingerprint density at radius 2 is 1.67 bits per heavy atom. The predicted molar refractivity (Wildman–Crippen MR) is 161 cm³/mol. The van der Waals surface area contributed by atoms with Gasteiger partial charge in [0.05, 0.1) is 5.52 Å². The minimum atomic E-state index is -1.06. The highest BCUT2D eigenvalue weighted by Gasteiger charge is 2.35. The SMILES string of the molecule is CC(=O)c1cccc(N(C(=O)Cn2nnc3ccccc32)[C@H](C(=O)NCc2ccccc2)c2c[nH]c3ccccc23)c1. The van der Waals surface area contributed by atoms with Crippen molar-refractivity contribution in [3.63, 3.8) is 0 Å². The zero-order valence-corrected chi connectivity index (χ0v) is 22.9. The van der Waals surface area contributed by atoms with Gasteiger partial charge in [-0.2, -0.15) is 0 Å². The molecule has 42 heavy (non-hydrogen) atoms. The molecule has 9 heteroatoms. The Morgan fingerprint density at radius 3 is 2.50 bits per heavy atom. The summed E-state index contributed by atoms with van der Waals surface area (Å²) in [5, 5.41) is 12.2. The fraction of sp³-hybridized carbons (Fsp3) is 0.121. The maximum atomic E-state index is 14.3. The lowest BCUT2D eigenvalue weighted by atomic mass is 10.0. The number of fused-ring (bicyclic) bond motifs is 2. The number of ketones is 1. The van der Waals surface area contributed by atoms with Crippen molar-refractivity contribution < 1.29 is 14.4 Å². The van der Waals surface area contributed by atoms with E-state index in [0.717, 1.165) is 16.5 Å². The summed E-state index contributed by atoms with van der Waals surface area (Å²) in [6.45, 7) is 1.58. The van der Waals surface area contributed by atoms with Gasteiger partial charge in [-0.15, -0.1) is 5.10 Å². The van der Waals surface area contributed by atoms with Crippen LogP contribution < -0.4 is 10.2 Å². The molecule has 0 unspecified atom stereocenters. The maximum Gasteiger partial charge on any atom is 0.249 e. The van der Waals surface area contributed by atoms with Crippen molar-refractivity contribution in [1.82, 2.24) is 25.3 Å². The van der Waals surface area contributed by atoms with Crippen molar-refractivity contribution >= 4 is 45.2 Å². The van der Waals surface area contributed by atoms with Crippen LogP contribution in [0.15, 0.2) is 109 Å². The molecule has 2 heterocycles. The Labute approximate surface area is 241 Å². The number of carbonyl (C=O) groups excluding carboxylic acids is 3. The molecule has 1 atom stereocenters. The number of anilines is 1. The molecule has 0 aliphatic rings. The molecule has 0 spiro atoms. The van der Waals surface area contributed by atoms with Crippen LogP contribution in [-0.2, 0) is 22.7 Å². The third-order valence-corrected chi connectivity index (χ3v) is 7.24. The normalized spacial score (nSPS) is 11.8. The van der Waals surface area contributed by atoms with Crippen molar-refractivity contribution in [3.05, 3.63) is 126 Å². The summed E-state index contributed by atoms with van der Waals surface area (Å²) < 4.78 is 1.52. The number of para-hydroxylation sites is 2. The van der Waals surface area contributed by atoms with Crippen LogP contribution in [0.5, 0.6) is 0 Å². The standard InChI is InChI=1S/C33H28N6O3/c1-22(40)24-12-9-13-25(18-24)39(31(41)21-38-30-17-8-7-16-29(30)36-37-38)32(27-20-34-28-15-6-5-14-26(27)28)33(42)35-19-23-10-3-2-4-11-23/h2-18,20,32,34H,19,21H2,1H3,(H,35,42)/t32-/m0/s1. The summed E-state index contributed by atoms with van der Waals surface area (Å²) in [5.74, 6) is -0.908. The van der Waals surface area contributed by atoms with E-state index in [9.17, 15) is 14.4 Å². The molecule has 0 saturated carbocycles. The van der Waals surface area contributed by atoms with E-state index in [0.29, 0.717) is 27.8 Å². The summed E-state index contributed by atoms with van der Waals surface area (Å²) in [5.41, 5.74) is 4.58. The lowest BCUT2D eigenvalue weighted by Crippen LogP contribution is -2.45. The van der Waals surface area contributed by atoms with Gasteiger partial charge in [-0.25, -0.2) is 4.68 Å². The van der Waals surface area contributed by atoms with Crippen molar-refractivity contribution in [1.29, 1.82) is 0 Å². The lowest BCUT2D eigenvalue weighted by Gasteiger charge is -2.31. The number of carbonyl (C=O) groups is 3. The van der Waals surface area contributed by atoms with E-state index in [1.54, 1.807) is 30.5 Å². The van der Waals surface area contributed by atoms with E-state index < -0.39 is 11.9 Å². The highest BCUT2D eigenvalue weighted by Crippen LogP contribution is 2.33. The number of hydrogen-bond acceptors (Lipinski definition) is 5. The van der Waals surface area contributed by atoms with Crippen molar-refractivity contribution in [2.75, 3.05) is 4.90 Å². The Morgan fingerprint density at radius 1 is 0.905 bits per heavy atom. The monoisotopic (exact) mass is 556 g/mol. The predicted octanol–water partition coefficient (Wildman–Crippen LogP) is 5.21. The average molecular weight is 557 g/mol. The Hall–Kier alpha value is -5.57. The smallest absolute Gasteiger partial charge is 0.249 e.